The van der Waals surface area contributed by atoms with E-state index in [0.29, 0.717) is 12.6 Å². The van der Waals surface area contributed by atoms with E-state index in [4.69, 9.17) is 4.74 Å². The average Bonchev–Trinajstić information content (AvgIpc) is 3.05. The van der Waals surface area contributed by atoms with Gasteiger partial charge in [-0.05, 0) is 44.5 Å². The lowest BCUT2D eigenvalue weighted by Gasteiger charge is -2.19. The molecule has 25 heavy (non-hydrogen) atoms. The number of allylic oxidation sites excluding steroid dienone is 2. The van der Waals surface area contributed by atoms with Gasteiger partial charge >= 0.3 is 0 Å². The highest BCUT2D eigenvalue weighted by atomic mass is 16.5. The molecule has 2 atom stereocenters. The number of aromatic nitrogens is 2. The van der Waals surface area contributed by atoms with E-state index in [1.165, 1.54) is 5.56 Å². The van der Waals surface area contributed by atoms with Gasteiger partial charge in [0, 0.05) is 37.9 Å². The Kier molecular flexibility index (Phi) is 5.66. The molecule has 0 radical (unpaired) electrons. The largest absolute Gasteiger partial charge is 0.487 e. The van der Waals surface area contributed by atoms with E-state index in [2.05, 4.69) is 45.7 Å². The SMILES string of the molecule is C/C=C(NCc1ccc2nccnc2c1)\C(=C/C)O[C@H]1CN[C@@H](C)C1. The molecule has 5 nitrogen and oxygen atoms in total. The molecule has 0 bridgehead atoms. The fraction of sp³-hybridized carbons (Fsp3) is 0.400. The molecule has 1 aliphatic heterocycles. The maximum atomic E-state index is 6.19. The second-order valence-corrected chi connectivity index (χ2v) is 6.37. The van der Waals surface area contributed by atoms with Crippen molar-refractivity contribution >= 4 is 11.0 Å². The number of ether oxygens (including phenoxy) is 1. The summed E-state index contributed by atoms with van der Waals surface area (Å²) in [4.78, 5) is 8.68. The highest BCUT2D eigenvalue weighted by molar-refractivity contribution is 5.74. The van der Waals surface area contributed by atoms with Crippen LogP contribution in [0.5, 0.6) is 0 Å². The van der Waals surface area contributed by atoms with E-state index in [0.717, 1.165) is 35.5 Å². The lowest BCUT2D eigenvalue weighted by molar-refractivity contribution is 0.134. The van der Waals surface area contributed by atoms with E-state index >= 15 is 0 Å². The van der Waals surface area contributed by atoms with Crippen molar-refractivity contribution in [3.05, 3.63) is 59.8 Å². The number of fused-ring (bicyclic) bond motifs is 1. The van der Waals surface area contributed by atoms with Gasteiger partial charge in [0.2, 0.25) is 0 Å². The fourth-order valence-corrected chi connectivity index (χ4v) is 3.10. The Labute approximate surface area is 149 Å². The molecule has 2 aromatic rings. The van der Waals surface area contributed by atoms with Crippen molar-refractivity contribution in [3.8, 4) is 0 Å². The molecule has 1 aromatic heterocycles. The Balaban J connectivity index is 1.64. The van der Waals surface area contributed by atoms with E-state index < -0.39 is 0 Å². The molecule has 1 aliphatic rings. The van der Waals surface area contributed by atoms with Gasteiger partial charge < -0.3 is 15.4 Å². The number of benzene rings is 1. The van der Waals surface area contributed by atoms with Crippen LogP contribution in [-0.2, 0) is 11.3 Å². The van der Waals surface area contributed by atoms with Gasteiger partial charge in [0.1, 0.15) is 11.9 Å². The standard InChI is InChI=1S/C20H26N4O/c1-4-17(20(5-2)25-16-10-14(3)23-13-16)24-12-15-6-7-18-19(11-15)22-9-8-21-18/h4-9,11,14,16,23-24H,10,12-13H2,1-3H3/b17-4+,20-5+/t14-,16+/m0/s1. The molecule has 2 heterocycles. The van der Waals surface area contributed by atoms with E-state index in [9.17, 15) is 0 Å². The zero-order valence-electron chi connectivity index (χ0n) is 15.1. The highest BCUT2D eigenvalue weighted by Gasteiger charge is 2.23. The molecule has 3 rings (SSSR count). The van der Waals surface area contributed by atoms with Gasteiger partial charge in [-0.25, -0.2) is 0 Å². The van der Waals surface area contributed by atoms with Crippen molar-refractivity contribution < 1.29 is 4.74 Å². The quantitative estimate of drug-likeness (QED) is 0.625. The van der Waals surface area contributed by atoms with Crippen LogP contribution < -0.4 is 10.6 Å². The van der Waals surface area contributed by atoms with Crippen molar-refractivity contribution in [3.63, 3.8) is 0 Å². The molecule has 0 unspecified atom stereocenters. The minimum Gasteiger partial charge on any atom is -0.487 e. The lowest BCUT2D eigenvalue weighted by atomic mass is 10.2. The Hall–Kier alpha value is -2.40. The zero-order valence-corrected chi connectivity index (χ0v) is 15.1. The molecule has 0 aliphatic carbocycles. The van der Waals surface area contributed by atoms with Crippen LogP contribution in [0.2, 0.25) is 0 Å². The van der Waals surface area contributed by atoms with Crippen molar-refractivity contribution in [1.82, 2.24) is 20.6 Å². The summed E-state index contributed by atoms with van der Waals surface area (Å²) < 4.78 is 6.19. The van der Waals surface area contributed by atoms with Crippen molar-refractivity contribution in [2.75, 3.05) is 6.54 Å². The number of nitrogens with zero attached hydrogens (tertiary/aromatic N) is 2. The molecular formula is C20H26N4O. The van der Waals surface area contributed by atoms with Crippen LogP contribution in [0.15, 0.2) is 54.2 Å². The Bertz CT molecular complexity index is 784. The Morgan fingerprint density at radius 1 is 1.24 bits per heavy atom. The molecule has 1 aromatic carbocycles. The maximum Gasteiger partial charge on any atom is 0.138 e. The zero-order chi connectivity index (χ0) is 17.6. The Morgan fingerprint density at radius 3 is 2.72 bits per heavy atom. The number of hydrogen-bond donors (Lipinski definition) is 2. The fourth-order valence-electron chi connectivity index (χ4n) is 3.10. The summed E-state index contributed by atoms with van der Waals surface area (Å²) in [7, 11) is 0. The van der Waals surface area contributed by atoms with Gasteiger partial charge in [0.25, 0.3) is 0 Å². The topological polar surface area (TPSA) is 59.1 Å². The summed E-state index contributed by atoms with van der Waals surface area (Å²) in [6.45, 7) is 7.84. The minimum atomic E-state index is 0.230. The second-order valence-electron chi connectivity index (χ2n) is 6.37. The molecule has 1 fully saturated rings. The summed E-state index contributed by atoms with van der Waals surface area (Å²) in [5, 5.41) is 6.91. The van der Waals surface area contributed by atoms with Crippen molar-refractivity contribution in [2.24, 2.45) is 0 Å². The van der Waals surface area contributed by atoms with Crippen LogP contribution >= 0.6 is 0 Å². The first kappa shape index (κ1) is 17.4. The number of nitrogens with one attached hydrogen (secondary N) is 2. The lowest BCUT2D eigenvalue weighted by Crippen LogP contribution is -2.22. The number of rotatable bonds is 6. The molecule has 5 heteroatoms. The normalized spacial score (nSPS) is 21.6. The second kappa shape index (κ2) is 8.12. The first-order valence-electron chi connectivity index (χ1n) is 8.86. The third kappa shape index (κ3) is 4.37. The van der Waals surface area contributed by atoms with Gasteiger partial charge in [-0.3, -0.25) is 9.97 Å². The van der Waals surface area contributed by atoms with Crippen LogP contribution in [0.1, 0.15) is 32.8 Å². The van der Waals surface area contributed by atoms with Gasteiger partial charge in [0.15, 0.2) is 0 Å². The van der Waals surface area contributed by atoms with Gasteiger partial charge in [-0.2, -0.15) is 0 Å². The van der Waals surface area contributed by atoms with Gasteiger partial charge in [-0.15, -0.1) is 0 Å². The first-order chi connectivity index (χ1) is 12.2. The van der Waals surface area contributed by atoms with Crippen LogP contribution in [0.4, 0.5) is 0 Å². The summed E-state index contributed by atoms with van der Waals surface area (Å²) in [5.74, 6) is 0.906. The first-order valence-corrected chi connectivity index (χ1v) is 8.86. The molecule has 2 N–H and O–H groups in total. The molecule has 0 spiro atoms. The van der Waals surface area contributed by atoms with Crippen LogP contribution in [0.25, 0.3) is 11.0 Å². The minimum absolute atomic E-state index is 0.230. The third-order valence-corrected chi connectivity index (χ3v) is 4.44. The van der Waals surface area contributed by atoms with Crippen LogP contribution in [0, 0.1) is 0 Å². The summed E-state index contributed by atoms with van der Waals surface area (Å²) in [6.07, 6.45) is 8.79. The molecule has 0 amide bonds. The van der Waals surface area contributed by atoms with Gasteiger partial charge in [-0.1, -0.05) is 12.1 Å². The van der Waals surface area contributed by atoms with Crippen molar-refractivity contribution in [1.29, 1.82) is 0 Å². The van der Waals surface area contributed by atoms with Crippen LogP contribution in [-0.4, -0.2) is 28.7 Å². The molecule has 132 valence electrons. The van der Waals surface area contributed by atoms with Crippen molar-refractivity contribution in [2.45, 2.75) is 45.9 Å². The highest BCUT2D eigenvalue weighted by Crippen LogP contribution is 2.19. The van der Waals surface area contributed by atoms with E-state index in [1.54, 1.807) is 12.4 Å². The molecular weight excluding hydrogens is 312 g/mol. The number of hydrogen-bond acceptors (Lipinski definition) is 5. The predicted octanol–water partition coefficient (Wildman–Crippen LogP) is 3.29. The molecule has 1 saturated heterocycles. The smallest absolute Gasteiger partial charge is 0.138 e. The average molecular weight is 338 g/mol. The van der Waals surface area contributed by atoms with E-state index in [1.807, 2.05) is 26.0 Å². The maximum absolute atomic E-state index is 6.19. The monoisotopic (exact) mass is 338 g/mol. The Morgan fingerprint density at radius 2 is 2.04 bits per heavy atom. The molecule has 0 saturated carbocycles. The summed E-state index contributed by atoms with van der Waals surface area (Å²) in [6, 6.07) is 6.67. The van der Waals surface area contributed by atoms with Crippen LogP contribution in [0.3, 0.4) is 0 Å². The third-order valence-electron chi connectivity index (χ3n) is 4.44. The van der Waals surface area contributed by atoms with Gasteiger partial charge in [0.05, 0.1) is 16.7 Å². The van der Waals surface area contributed by atoms with E-state index in [-0.39, 0.29) is 6.10 Å². The summed E-state index contributed by atoms with van der Waals surface area (Å²) >= 11 is 0. The summed E-state index contributed by atoms with van der Waals surface area (Å²) in [5.41, 5.74) is 4.01. The predicted molar refractivity (Wildman–Crippen MR) is 101 cm³/mol.